The first kappa shape index (κ1) is 21.7. The summed E-state index contributed by atoms with van der Waals surface area (Å²) in [5, 5.41) is 11.9. The number of methoxy groups -OCH3 is 1. The highest BCUT2D eigenvalue weighted by atomic mass is 32.2. The van der Waals surface area contributed by atoms with Gasteiger partial charge in [0.15, 0.2) is 28.6 Å². The molecule has 1 aromatic heterocycles. The number of hydrogen-bond acceptors (Lipinski definition) is 6. The Bertz CT molecular complexity index is 978. The van der Waals surface area contributed by atoms with Crippen molar-refractivity contribution in [2.75, 3.05) is 12.4 Å². The van der Waals surface area contributed by atoms with E-state index in [0.717, 1.165) is 5.69 Å². The highest BCUT2D eigenvalue weighted by molar-refractivity contribution is 8.00. The predicted octanol–water partition coefficient (Wildman–Crippen LogP) is 4.47. The lowest BCUT2D eigenvalue weighted by Crippen LogP contribution is -2.25. The van der Waals surface area contributed by atoms with Crippen molar-refractivity contribution in [3.63, 3.8) is 0 Å². The monoisotopic (exact) mass is 426 g/mol. The minimum atomic E-state index is -0.341. The summed E-state index contributed by atoms with van der Waals surface area (Å²) in [6, 6.07) is 16.9. The molecule has 2 atom stereocenters. The number of hydrogen-bond donors (Lipinski definition) is 1. The number of anilines is 1. The first-order chi connectivity index (χ1) is 14.5. The van der Waals surface area contributed by atoms with Gasteiger partial charge in [0.1, 0.15) is 0 Å². The van der Waals surface area contributed by atoms with Crippen molar-refractivity contribution >= 4 is 23.4 Å². The van der Waals surface area contributed by atoms with Crippen LogP contribution in [0.3, 0.4) is 0 Å². The summed E-state index contributed by atoms with van der Waals surface area (Å²) in [5.74, 6) is 1.90. The molecule has 2 unspecified atom stereocenters. The van der Waals surface area contributed by atoms with E-state index < -0.39 is 0 Å². The predicted molar refractivity (Wildman–Crippen MR) is 118 cm³/mol. The van der Waals surface area contributed by atoms with E-state index in [1.165, 1.54) is 11.8 Å². The van der Waals surface area contributed by atoms with Crippen LogP contribution in [-0.4, -0.2) is 33.0 Å². The van der Waals surface area contributed by atoms with Crippen molar-refractivity contribution in [3.8, 4) is 11.5 Å². The van der Waals surface area contributed by atoms with E-state index in [4.69, 9.17) is 9.47 Å². The maximum atomic E-state index is 12.7. The van der Waals surface area contributed by atoms with E-state index in [1.807, 2.05) is 80.1 Å². The molecule has 30 heavy (non-hydrogen) atoms. The number of aromatic nitrogens is 3. The Morgan fingerprint density at radius 1 is 1.10 bits per heavy atom. The number of rotatable bonds is 9. The number of carbonyl (C=O) groups is 1. The third-order valence-corrected chi connectivity index (χ3v) is 5.96. The molecule has 0 aliphatic rings. The SMILES string of the molecule is CCC(Sc1nnc(C(C)Oc2ccccc2OC)n1C)C(=O)Nc1ccccc1. The molecular weight excluding hydrogens is 400 g/mol. The highest BCUT2D eigenvalue weighted by Gasteiger charge is 2.24. The van der Waals surface area contributed by atoms with Crippen molar-refractivity contribution in [2.45, 2.75) is 36.8 Å². The van der Waals surface area contributed by atoms with Gasteiger partial charge in [0, 0.05) is 12.7 Å². The molecule has 3 rings (SSSR count). The molecule has 0 radical (unpaired) electrons. The minimum absolute atomic E-state index is 0.0587. The second kappa shape index (κ2) is 10.2. The summed E-state index contributed by atoms with van der Waals surface area (Å²) < 4.78 is 13.2. The van der Waals surface area contributed by atoms with Gasteiger partial charge >= 0.3 is 0 Å². The van der Waals surface area contributed by atoms with Gasteiger partial charge in [-0.05, 0) is 37.6 Å². The molecule has 0 saturated heterocycles. The molecular formula is C22H26N4O3S. The first-order valence-electron chi connectivity index (χ1n) is 9.75. The van der Waals surface area contributed by atoms with Gasteiger partial charge in [-0.1, -0.05) is 49.0 Å². The maximum Gasteiger partial charge on any atom is 0.237 e. The van der Waals surface area contributed by atoms with Gasteiger partial charge in [0.05, 0.1) is 12.4 Å². The van der Waals surface area contributed by atoms with Gasteiger partial charge in [-0.15, -0.1) is 10.2 Å². The topological polar surface area (TPSA) is 78.3 Å². The number of ether oxygens (including phenoxy) is 2. The Kier molecular flexibility index (Phi) is 7.35. The molecule has 1 amide bonds. The molecule has 0 aliphatic heterocycles. The third kappa shape index (κ3) is 5.13. The zero-order valence-electron chi connectivity index (χ0n) is 17.5. The Morgan fingerprint density at radius 3 is 2.43 bits per heavy atom. The summed E-state index contributed by atoms with van der Waals surface area (Å²) in [6.07, 6.45) is 0.324. The molecule has 8 heteroatoms. The molecule has 0 fully saturated rings. The molecule has 0 saturated carbocycles. The number of para-hydroxylation sites is 3. The number of nitrogens with one attached hydrogen (secondary N) is 1. The molecule has 1 N–H and O–H groups in total. The molecule has 1 heterocycles. The fraction of sp³-hybridized carbons (Fsp3) is 0.318. The van der Waals surface area contributed by atoms with Crippen LogP contribution >= 0.6 is 11.8 Å². The van der Waals surface area contributed by atoms with Crippen LogP contribution in [0.15, 0.2) is 59.8 Å². The lowest BCUT2D eigenvalue weighted by molar-refractivity contribution is -0.115. The van der Waals surface area contributed by atoms with Gasteiger partial charge in [-0.2, -0.15) is 0 Å². The van der Waals surface area contributed by atoms with E-state index in [-0.39, 0.29) is 17.3 Å². The normalized spacial score (nSPS) is 12.8. The van der Waals surface area contributed by atoms with Crippen molar-refractivity contribution in [3.05, 3.63) is 60.4 Å². The van der Waals surface area contributed by atoms with Crippen LogP contribution in [0.2, 0.25) is 0 Å². The largest absolute Gasteiger partial charge is 0.493 e. The average Bonchev–Trinajstić information content (AvgIpc) is 3.13. The summed E-state index contributed by atoms with van der Waals surface area (Å²) in [5.41, 5.74) is 0.777. The molecule has 7 nitrogen and oxygen atoms in total. The summed E-state index contributed by atoms with van der Waals surface area (Å²) in [6.45, 7) is 3.89. The molecule has 0 bridgehead atoms. The van der Waals surface area contributed by atoms with Crippen molar-refractivity contribution in [1.29, 1.82) is 0 Å². The van der Waals surface area contributed by atoms with Crippen LogP contribution in [0.4, 0.5) is 5.69 Å². The van der Waals surface area contributed by atoms with Crippen LogP contribution in [0.25, 0.3) is 0 Å². The molecule has 2 aromatic carbocycles. The smallest absolute Gasteiger partial charge is 0.237 e. The van der Waals surface area contributed by atoms with E-state index in [2.05, 4.69) is 15.5 Å². The number of benzene rings is 2. The average molecular weight is 427 g/mol. The Hall–Kier alpha value is -3.00. The van der Waals surface area contributed by atoms with E-state index in [9.17, 15) is 4.79 Å². The minimum Gasteiger partial charge on any atom is -0.493 e. The zero-order chi connectivity index (χ0) is 21.5. The fourth-order valence-corrected chi connectivity index (χ4v) is 3.86. The quantitative estimate of drug-likeness (QED) is 0.509. The number of thioether (sulfide) groups is 1. The number of nitrogens with zero attached hydrogens (tertiary/aromatic N) is 3. The van der Waals surface area contributed by atoms with Crippen molar-refractivity contribution < 1.29 is 14.3 Å². The van der Waals surface area contributed by atoms with Gasteiger partial charge in [0.25, 0.3) is 0 Å². The second-order valence-electron chi connectivity index (χ2n) is 6.68. The lowest BCUT2D eigenvalue weighted by atomic mass is 10.3. The standard InChI is InChI=1S/C22H26N4O3S/c1-5-19(21(27)23-16-11-7-6-8-12-16)30-22-25-24-20(26(22)3)15(2)29-18-14-10-9-13-17(18)28-4/h6-15,19H,5H2,1-4H3,(H,23,27). The van der Waals surface area contributed by atoms with Crippen LogP contribution in [0, 0.1) is 0 Å². The summed E-state index contributed by atoms with van der Waals surface area (Å²) in [7, 11) is 3.48. The Morgan fingerprint density at radius 2 is 1.77 bits per heavy atom. The van der Waals surface area contributed by atoms with E-state index >= 15 is 0 Å². The van der Waals surface area contributed by atoms with Crippen molar-refractivity contribution in [1.82, 2.24) is 14.8 Å². The van der Waals surface area contributed by atoms with Crippen LogP contribution in [0.5, 0.6) is 11.5 Å². The second-order valence-corrected chi connectivity index (χ2v) is 7.85. The Labute approximate surface area is 180 Å². The van der Waals surface area contributed by atoms with Gasteiger partial charge in [-0.25, -0.2) is 0 Å². The van der Waals surface area contributed by atoms with Crippen LogP contribution in [0.1, 0.15) is 32.2 Å². The first-order valence-corrected chi connectivity index (χ1v) is 10.6. The fourth-order valence-electron chi connectivity index (χ4n) is 2.94. The number of carbonyl (C=O) groups excluding carboxylic acids is 1. The molecule has 0 spiro atoms. The highest BCUT2D eigenvalue weighted by Crippen LogP contribution is 2.31. The van der Waals surface area contributed by atoms with Gasteiger partial charge < -0.3 is 19.4 Å². The van der Waals surface area contributed by atoms with Crippen LogP contribution in [-0.2, 0) is 11.8 Å². The van der Waals surface area contributed by atoms with Crippen molar-refractivity contribution in [2.24, 2.45) is 7.05 Å². The number of amides is 1. The molecule has 0 aliphatic carbocycles. The molecule has 158 valence electrons. The maximum absolute atomic E-state index is 12.7. The lowest BCUT2D eigenvalue weighted by Gasteiger charge is -2.17. The zero-order valence-corrected chi connectivity index (χ0v) is 18.3. The molecule has 3 aromatic rings. The van der Waals surface area contributed by atoms with Gasteiger partial charge in [0.2, 0.25) is 5.91 Å². The van der Waals surface area contributed by atoms with Gasteiger partial charge in [-0.3, -0.25) is 4.79 Å². The van der Waals surface area contributed by atoms with E-state index in [1.54, 1.807) is 7.11 Å². The third-order valence-electron chi connectivity index (χ3n) is 4.56. The summed E-state index contributed by atoms with van der Waals surface area (Å²) >= 11 is 1.39. The van der Waals surface area contributed by atoms with E-state index in [0.29, 0.717) is 28.9 Å². The Balaban J connectivity index is 1.69. The van der Waals surface area contributed by atoms with Crippen LogP contribution < -0.4 is 14.8 Å². The summed E-state index contributed by atoms with van der Waals surface area (Å²) in [4.78, 5) is 12.7.